The molecule has 0 fully saturated rings. The molecule has 1 rings (SSSR count). The van der Waals surface area contributed by atoms with Crippen LogP contribution in [0.3, 0.4) is 0 Å². The molecule has 1 aliphatic rings. The van der Waals surface area contributed by atoms with Gasteiger partial charge in [-0.25, -0.2) is 0 Å². The zero-order chi connectivity index (χ0) is 7.61. The van der Waals surface area contributed by atoms with Crippen LogP contribution in [0, 0.1) is 0 Å². The van der Waals surface area contributed by atoms with Gasteiger partial charge in [-0.1, -0.05) is 0 Å². The summed E-state index contributed by atoms with van der Waals surface area (Å²) in [6, 6.07) is 0. The zero-order valence-corrected chi connectivity index (χ0v) is 6.13. The molecule has 0 saturated heterocycles. The molecule has 0 spiro atoms. The van der Waals surface area contributed by atoms with Crippen molar-refractivity contribution in [1.82, 2.24) is 0 Å². The van der Waals surface area contributed by atoms with Crippen LogP contribution >= 0.6 is 0 Å². The maximum Gasteiger partial charge on any atom is 0.244 e. The van der Waals surface area contributed by atoms with E-state index < -0.39 is 5.79 Å². The van der Waals surface area contributed by atoms with Gasteiger partial charge < -0.3 is 15.2 Å². The van der Waals surface area contributed by atoms with Gasteiger partial charge in [0, 0.05) is 13.8 Å². The Balaban J connectivity index is 2.70. The van der Waals surface area contributed by atoms with Crippen molar-refractivity contribution >= 4 is 0 Å². The third-order valence-corrected chi connectivity index (χ3v) is 1.09. The van der Waals surface area contributed by atoms with E-state index in [1.54, 1.807) is 6.08 Å². The van der Waals surface area contributed by atoms with Gasteiger partial charge in [0.2, 0.25) is 5.79 Å². The standard InChI is InChI=1S/C7H11NO2/c1-7(2)9-4-3-6(8)5-10-7/h3-5H,8H2,1-2H3. The molecule has 1 heterocycles. The quantitative estimate of drug-likeness (QED) is 0.549. The molecule has 56 valence electrons. The van der Waals surface area contributed by atoms with Gasteiger partial charge in [0.15, 0.2) is 0 Å². The second-order valence-electron chi connectivity index (χ2n) is 2.56. The zero-order valence-electron chi connectivity index (χ0n) is 6.13. The normalized spacial score (nSPS) is 22.0. The van der Waals surface area contributed by atoms with Crippen LogP contribution < -0.4 is 5.73 Å². The van der Waals surface area contributed by atoms with Gasteiger partial charge in [0.1, 0.15) is 6.26 Å². The van der Waals surface area contributed by atoms with Crippen LogP contribution in [-0.2, 0) is 9.47 Å². The van der Waals surface area contributed by atoms with E-state index in [2.05, 4.69) is 0 Å². The Morgan fingerprint density at radius 2 is 2.10 bits per heavy atom. The third kappa shape index (κ3) is 1.69. The lowest BCUT2D eigenvalue weighted by Gasteiger charge is -2.21. The first-order valence-corrected chi connectivity index (χ1v) is 3.08. The summed E-state index contributed by atoms with van der Waals surface area (Å²) in [4.78, 5) is 0. The number of allylic oxidation sites excluding steroid dienone is 1. The van der Waals surface area contributed by atoms with Crippen LogP contribution in [0.5, 0.6) is 0 Å². The van der Waals surface area contributed by atoms with Crippen molar-refractivity contribution < 1.29 is 9.47 Å². The van der Waals surface area contributed by atoms with E-state index >= 15 is 0 Å². The first kappa shape index (κ1) is 6.99. The minimum atomic E-state index is -0.600. The first-order valence-electron chi connectivity index (χ1n) is 3.08. The van der Waals surface area contributed by atoms with Gasteiger partial charge in [-0.15, -0.1) is 0 Å². The molecule has 0 radical (unpaired) electrons. The summed E-state index contributed by atoms with van der Waals surface area (Å²) in [7, 11) is 0. The fourth-order valence-electron chi connectivity index (χ4n) is 0.553. The van der Waals surface area contributed by atoms with Gasteiger partial charge >= 0.3 is 0 Å². The highest BCUT2D eigenvalue weighted by atomic mass is 16.7. The Hall–Kier alpha value is -1.12. The van der Waals surface area contributed by atoms with Crippen LogP contribution in [0.15, 0.2) is 24.3 Å². The van der Waals surface area contributed by atoms with Crippen molar-refractivity contribution in [1.29, 1.82) is 0 Å². The largest absolute Gasteiger partial charge is 0.461 e. The lowest BCUT2D eigenvalue weighted by Crippen LogP contribution is -2.22. The van der Waals surface area contributed by atoms with Gasteiger partial charge in [0.25, 0.3) is 0 Å². The van der Waals surface area contributed by atoms with Crippen molar-refractivity contribution in [2.75, 3.05) is 0 Å². The van der Waals surface area contributed by atoms with Crippen LogP contribution in [0.1, 0.15) is 13.8 Å². The smallest absolute Gasteiger partial charge is 0.244 e. The molecule has 0 unspecified atom stereocenters. The highest BCUT2D eigenvalue weighted by molar-refractivity contribution is 5.11. The van der Waals surface area contributed by atoms with Crippen molar-refractivity contribution in [3.63, 3.8) is 0 Å². The minimum absolute atomic E-state index is 0.561. The summed E-state index contributed by atoms with van der Waals surface area (Å²) >= 11 is 0. The lowest BCUT2D eigenvalue weighted by molar-refractivity contribution is -0.141. The van der Waals surface area contributed by atoms with Crippen molar-refractivity contribution in [2.45, 2.75) is 19.6 Å². The van der Waals surface area contributed by atoms with Gasteiger partial charge in [0.05, 0.1) is 12.0 Å². The maximum atomic E-state index is 5.43. The molecule has 0 atom stereocenters. The summed E-state index contributed by atoms with van der Waals surface area (Å²) in [5.74, 6) is -0.600. The molecule has 3 nitrogen and oxygen atoms in total. The molecule has 0 aromatic heterocycles. The molecule has 0 bridgehead atoms. The lowest BCUT2D eigenvalue weighted by atomic mass is 10.4. The fraction of sp³-hybridized carbons (Fsp3) is 0.429. The second kappa shape index (κ2) is 2.25. The number of ether oxygens (including phenoxy) is 2. The van der Waals surface area contributed by atoms with E-state index in [-0.39, 0.29) is 0 Å². The molecule has 1 aliphatic heterocycles. The highest BCUT2D eigenvalue weighted by Crippen LogP contribution is 2.15. The van der Waals surface area contributed by atoms with E-state index in [1.807, 2.05) is 13.8 Å². The molecular weight excluding hydrogens is 130 g/mol. The monoisotopic (exact) mass is 141 g/mol. The number of hydrogen-bond donors (Lipinski definition) is 1. The topological polar surface area (TPSA) is 44.5 Å². The maximum absolute atomic E-state index is 5.43. The SMILES string of the molecule is CC1(C)OC=CC(N)=CO1. The average molecular weight is 141 g/mol. The van der Waals surface area contributed by atoms with Crippen molar-refractivity contribution in [3.8, 4) is 0 Å². The Labute approximate surface area is 60.1 Å². The Morgan fingerprint density at radius 1 is 1.40 bits per heavy atom. The molecule has 10 heavy (non-hydrogen) atoms. The summed E-state index contributed by atoms with van der Waals surface area (Å²) in [5, 5.41) is 0. The fourth-order valence-corrected chi connectivity index (χ4v) is 0.553. The number of nitrogens with two attached hydrogens (primary N) is 1. The molecule has 0 aliphatic carbocycles. The van der Waals surface area contributed by atoms with Crippen molar-refractivity contribution in [2.24, 2.45) is 5.73 Å². The summed E-state index contributed by atoms with van der Waals surface area (Å²) < 4.78 is 10.3. The summed E-state index contributed by atoms with van der Waals surface area (Å²) in [6.07, 6.45) is 4.65. The van der Waals surface area contributed by atoms with Gasteiger partial charge in [-0.05, 0) is 6.08 Å². The molecular formula is C7H11NO2. The van der Waals surface area contributed by atoms with E-state index in [0.717, 1.165) is 0 Å². The van der Waals surface area contributed by atoms with Crippen LogP contribution in [-0.4, -0.2) is 5.79 Å². The average Bonchev–Trinajstić information content (AvgIpc) is 1.94. The molecule has 0 amide bonds. The van der Waals surface area contributed by atoms with Gasteiger partial charge in [-0.2, -0.15) is 0 Å². The third-order valence-electron chi connectivity index (χ3n) is 1.09. The first-order chi connectivity index (χ1) is 4.60. The Morgan fingerprint density at radius 3 is 2.80 bits per heavy atom. The van der Waals surface area contributed by atoms with E-state index in [1.165, 1.54) is 12.5 Å². The van der Waals surface area contributed by atoms with Crippen LogP contribution in [0.25, 0.3) is 0 Å². The van der Waals surface area contributed by atoms with Crippen LogP contribution in [0.4, 0.5) is 0 Å². The second-order valence-corrected chi connectivity index (χ2v) is 2.56. The van der Waals surface area contributed by atoms with Crippen molar-refractivity contribution in [3.05, 3.63) is 24.3 Å². The van der Waals surface area contributed by atoms with Crippen LogP contribution in [0.2, 0.25) is 0 Å². The molecule has 3 heteroatoms. The van der Waals surface area contributed by atoms with E-state index in [4.69, 9.17) is 15.2 Å². The summed E-state index contributed by atoms with van der Waals surface area (Å²) in [6.45, 7) is 3.62. The highest BCUT2D eigenvalue weighted by Gasteiger charge is 2.18. The molecule has 0 saturated carbocycles. The number of hydrogen-bond acceptors (Lipinski definition) is 3. The molecule has 0 aromatic rings. The Kier molecular flexibility index (Phi) is 1.57. The number of rotatable bonds is 0. The predicted molar refractivity (Wildman–Crippen MR) is 37.7 cm³/mol. The summed E-state index contributed by atoms with van der Waals surface area (Å²) in [5.41, 5.74) is 5.99. The van der Waals surface area contributed by atoms with Gasteiger partial charge in [-0.3, -0.25) is 0 Å². The van der Waals surface area contributed by atoms with E-state index in [9.17, 15) is 0 Å². The predicted octanol–water partition coefficient (Wildman–Crippen LogP) is 1.08. The molecule has 0 aromatic carbocycles. The Bertz CT molecular complexity index is 182. The minimum Gasteiger partial charge on any atom is -0.461 e. The van der Waals surface area contributed by atoms with E-state index in [0.29, 0.717) is 5.70 Å². The molecule has 2 N–H and O–H groups in total.